The van der Waals surface area contributed by atoms with E-state index >= 15 is 0 Å². The first kappa shape index (κ1) is 11.8. The lowest BCUT2D eigenvalue weighted by molar-refractivity contribution is -0.143. The molecule has 0 bridgehead atoms. The molecule has 3 saturated carbocycles. The number of aliphatic carboxylic acids is 1. The molecule has 3 aliphatic rings. The molecule has 0 aromatic carbocycles. The van der Waals surface area contributed by atoms with Gasteiger partial charge in [0.2, 0.25) is 0 Å². The normalized spacial score (nSPS) is 24.7. The molecule has 0 aromatic heterocycles. The van der Waals surface area contributed by atoms with Gasteiger partial charge in [0, 0.05) is 12.6 Å². The summed E-state index contributed by atoms with van der Waals surface area (Å²) in [4.78, 5) is 22.8. The molecule has 3 N–H and O–H groups in total. The maximum Gasteiger partial charge on any atom is 0.315 e. The monoisotopic (exact) mass is 252 g/mol. The van der Waals surface area contributed by atoms with Crippen LogP contribution in [0.1, 0.15) is 38.5 Å². The predicted octanol–water partition coefficient (Wildman–Crippen LogP) is 1.34. The molecule has 100 valence electrons. The van der Waals surface area contributed by atoms with E-state index in [2.05, 4.69) is 10.6 Å². The minimum atomic E-state index is -0.788. The molecule has 3 aliphatic carbocycles. The van der Waals surface area contributed by atoms with Crippen molar-refractivity contribution >= 4 is 12.0 Å². The Kier molecular flexibility index (Phi) is 2.72. The SMILES string of the molecule is O=C(NCC1(C(=O)O)CC1)NC(C1CC1)C1CC1. The number of carboxylic acid groups (broad SMARTS) is 1. The van der Waals surface area contributed by atoms with Gasteiger partial charge in [-0.2, -0.15) is 0 Å². The van der Waals surface area contributed by atoms with E-state index in [0.717, 1.165) is 0 Å². The summed E-state index contributed by atoms with van der Waals surface area (Å²) >= 11 is 0. The first-order chi connectivity index (χ1) is 8.61. The van der Waals surface area contributed by atoms with Crippen LogP contribution in [0.3, 0.4) is 0 Å². The maximum absolute atomic E-state index is 11.8. The summed E-state index contributed by atoms with van der Waals surface area (Å²) in [6.07, 6.45) is 6.25. The second kappa shape index (κ2) is 4.14. The zero-order valence-electron chi connectivity index (χ0n) is 10.4. The molecule has 18 heavy (non-hydrogen) atoms. The van der Waals surface area contributed by atoms with Crippen molar-refractivity contribution in [3.63, 3.8) is 0 Å². The lowest BCUT2D eigenvalue weighted by Gasteiger charge is -2.19. The van der Waals surface area contributed by atoms with Gasteiger partial charge in [-0.05, 0) is 50.4 Å². The molecule has 0 heterocycles. The van der Waals surface area contributed by atoms with Crippen LogP contribution in [0, 0.1) is 17.3 Å². The van der Waals surface area contributed by atoms with Crippen LogP contribution in [-0.4, -0.2) is 29.7 Å². The molecule has 3 rings (SSSR count). The van der Waals surface area contributed by atoms with Gasteiger partial charge in [-0.25, -0.2) is 4.79 Å². The Morgan fingerprint density at radius 1 is 1.17 bits per heavy atom. The van der Waals surface area contributed by atoms with Crippen molar-refractivity contribution in [3.05, 3.63) is 0 Å². The lowest BCUT2D eigenvalue weighted by Crippen LogP contribution is -2.46. The van der Waals surface area contributed by atoms with Crippen LogP contribution < -0.4 is 10.6 Å². The molecule has 5 heteroatoms. The number of rotatable bonds is 6. The van der Waals surface area contributed by atoms with Crippen molar-refractivity contribution in [3.8, 4) is 0 Å². The van der Waals surface area contributed by atoms with Crippen LogP contribution in [0.25, 0.3) is 0 Å². The largest absolute Gasteiger partial charge is 0.481 e. The van der Waals surface area contributed by atoms with Crippen LogP contribution in [-0.2, 0) is 4.79 Å². The van der Waals surface area contributed by atoms with Crippen molar-refractivity contribution in [2.24, 2.45) is 17.3 Å². The van der Waals surface area contributed by atoms with Crippen LogP contribution in [0.15, 0.2) is 0 Å². The van der Waals surface area contributed by atoms with Crippen LogP contribution >= 0.6 is 0 Å². The number of carboxylic acids is 1. The summed E-state index contributed by atoms with van der Waals surface area (Å²) in [6, 6.07) is 0.135. The van der Waals surface area contributed by atoms with E-state index in [1.165, 1.54) is 25.7 Å². The van der Waals surface area contributed by atoms with Crippen molar-refractivity contribution in [2.75, 3.05) is 6.54 Å². The van der Waals surface area contributed by atoms with E-state index < -0.39 is 11.4 Å². The average Bonchev–Trinajstić information content (AvgIpc) is 3.19. The smallest absolute Gasteiger partial charge is 0.315 e. The fourth-order valence-electron chi connectivity index (χ4n) is 2.60. The first-order valence-corrected chi connectivity index (χ1v) is 6.88. The van der Waals surface area contributed by atoms with Gasteiger partial charge in [0.05, 0.1) is 5.41 Å². The zero-order chi connectivity index (χ0) is 12.8. The number of amides is 2. The summed E-state index contributed by atoms with van der Waals surface area (Å²) in [5.41, 5.74) is -0.675. The van der Waals surface area contributed by atoms with Crippen molar-refractivity contribution in [2.45, 2.75) is 44.6 Å². The Morgan fingerprint density at radius 3 is 2.11 bits per heavy atom. The Hall–Kier alpha value is -1.26. The predicted molar refractivity (Wildman–Crippen MR) is 65.1 cm³/mol. The third-order valence-corrected chi connectivity index (χ3v) is 4.45. The highest BCUT2D eigenvalue weighted by Gasteiger charge is 2.50. The third-order valence-electron chi connectivity index (χ3n) is 4.45. The maximum atomic E-state index is 11.8. The highest BCUT2D eigenvalue weighted by Crippen LogP contribution is 2.46. The van der Waals surface area contributed by atoms with Crippen LogP contribution in [0.5, 0.6) is 0 Å². The van der Waals surface area contributed by atoms with Gasteiger partial charge in [0.1, 0.15) is 0 Å². The highest BCUT2D eigenvalue weighted by molar-refractivity contribution is 5.80. The second-order valence-electron chi connectivity index (χ2n) is 6.11. The number of hydrogen-bond acceptors (Lipinski definition) is 2. The van der Waals surface area contributed by atoms with Crippen LogP contribution in [0.4, 0.5) is 4.79 Å². The van der Waals surface area contributed by atoms with E-state index in [-0.39, 0.29) is 12.6 Å². The first-order valence-electron chi connectivity index (χ1n) is 6.88. The fourth-order valence-corrected chi connectivity index (χ4v) is 2.60. The summed E-state index contributed by atoms with van der Waals surface area (Å²) in [6.45, 7) is 0.260. The molecule has 5 nitrogen and oxygen atoms in total. The molecule has 0 unspecified atom stereocenters. The number of hydrogen-bond donors (Lipinski definition) is 3. The summed E-state index contributed by atoms with van der Waals surface area (Å²) in [5, 5.41) is 14.8. The van der Waals surface area contributed by atoms with E-state index in [4.69, 9.17) is 5.11 Å². The van der Waals surface area contributed by atoms with E-state index in [1.54, 1.807) is 0 Å². The quantitative estimate of drug-likeness (QED) is 0.667. The Morgan fingerprint density at radius 2 is 1.72 bits per heavy atom. The Balaban J connectivity index is 1.45. The Labute approximate surface area is 106 Å². The van der Waals surface area contributed by atoms with Gasteiger partial charge in [-0.1, -0.05) is 0 Å². The molecule has 0 spiro atoms. The van der Waals surface area contributed by atoms with Crippen LogP contribution in [0.2, 0.25) is 0 Å². The van der Waals surface area contributed by atoms with Gasteiger partial charge in [-0.15, -0.1) is 0 Å². The Bertz CT molecular complexity index is 358. The third kappa shape index (κ3) is 2.44. The van der Waals surface area contributed by atoms with Gasteiger partial charge in [-0.3, -0.25) is 4.79 Å². The van der Waals surface area contributed by atoms with Gasteiger partial charge < -0.3 is 15.7 Å². The van der Waals surface area contributed by atoms with E-state index in [9.17, 15) is 9.59 Å². The topological polar surface area (TPSA) is 78.4 Å². The lowest BCUT2D eigenvalue weighted by atomic mass is 10.1. The van der Waals surface area contributed by atoms with Crippen molar-refractivity contribution in [1.82, 2.24) is 10.6 Å². The molecular formula is C13H20N2O3. The van der Waals surface area contributed by atoms with Gasteiger partial charge >= 0.3 is 12.0 Å². The fraction of sp³-hybridized carbons (Fsp3) is 0.846. The van der Waals surface area contributed by atoms with Crippen molar-refractivity contribution < 1.29 is 14.7 Å². The standard InChI is InChI=1S/C13H20N2O3/c16-11(17)13(5-6-13)7-14-12(18)15-10(8-1-2-8)9-3-4-9/h8-10H,1-7H2,(H,16,17)(H2,14,15,18). The molecule has 3 fully saturated rings. The molecular weight excluding hydrogens is 232 g/mol. The molecule has 0 saturated heterocycles. The average molecular weight is 252 g/mol. The zero-order valence-corrected chi connectivity index (χ0v) is 10.4. The van der Waals surface area contributed by atoms with Gasteiger partial charge in [0.15, 0.2) is 0 Å². The minimum absolute atomic E-state index is 0.189. The summed E-state index contributed by atoms with van der Waals surface area (Å²) in [5.74, 6) is 0.541. The summed E-state index contributed by atoms with van der Waals surface area (Å²) in [7, 11) is 0. The van der Waals surface area contributed by atoms with Gasteiger partial charge in [0.25, 0.3) is 0 Å². The van der Waals surface area contributed by atoms with Crippen molar-refractivity contribution in [1.29, 1.82) is 0 Å². The molecule has 2 amide bonds. The highest BCUT2D eigenvalue weighted by atomic mass is 16.4. The molecule has 0 radical (unpaired) electrons. The van der Waals surface area contributed by atoms with E-state index in [1.807, 2.05) is 0 Å². The minimum Gasteiger partial charge on any atom is -0.481 e. The second-order valence-corrected chi connectivity index (χ2v) is 6.11. The van der Waals surface area contributed by atoms with E-state index in [0.29, 0.717) is 30.7 Å². The molecule has 0 aliphatic heterocycles. The number of urea groups is 1. The number of carbonyl (C=O) groups is 2. The molecule has 0 aromatic rings. The number of nitrogens with one attached hydrogen (secondary N) is 2. The summed E-state index contributed by atoms with van der Waals surface area (Å²) < 4.78 is 0. The molecule has 0 atom stereocenters. The number of carbonyl (C=O) groups excluding carboxylic acids is 1.